The predicted octanol–water partition coefficient (Wildman–Crippen LogP) is 6.52. The van der Waals surface area contributed by atoms with Crippen LogP contribution in [0.1, 0.15) is 32.6 Å². The lowest BCUT2D eigenvalue weighted by Crippen LogP contribution is -2.08. The molecule has 4 rings (SSSR count). The van der Waals surface area contributed by atoms with E-state index in [9.17, 15) is 9.90 Å². The van der Waals surface area contributed by atoms with Crippen molar-refractivity contribution < 1.29 is 19.4 Å². The van der Waals surface area contributed by atoms with Gasteiger partial charge in [0.2, 0.25) is 5.75 Å². The number of aromatic hydroxyl groups is 1. The molecule has 0 unspecified atom stereocenters. The van der Waals surface area contributed by atoms with E-state index < -0.39 is 5.24 Å². The Morgan fingerprint density at radius 2 is 1.15 bits per heavy atom. The molecule has 0 spiro atoms. The van der Waals surface area contributed by atoms with E-state index in [1.807, 2.05) is 91.0 Å². The Kier molecular flexibility index (Phi) is 7.28. The predicted molar refractivity (Wildman–Crippen MR) is 129 cm³/mol. The quantitative estimate of drug-likeness (QED) is 0.290. The molecule has 4 aromatic rings. The first-order valence-corrected chi connectivity index (χ1v) is 11.0. The normalized spacial score (nSPS) is 10.6. The number of hydrogen-bond acceptors (Lipinski definition) is 4. The third kappa shape index (κ3) is 5.73. The van der Waals surface area contributed by atoms with Gasteiger partial charge in [0.05, 0.1) is 0 Å². The molecule has 0 amide bonds. The van der Waals surface area contributed by atoms with Gasteiger partial charge in [0.15, 0.2) is 11.5 Å². The molecule has 0 saturated carbocycles. The lowest BCUT2D eigenvalue weighted by Gasteiger charge is -2.20. The van der Waals surface area contributed by atoms with Gasteiger partial charge in [-0.15, -0.1) is 0 Å². The van der Waals surface area contributed by atoms with Crippen LogP contribution in [0, 0.1) is 0 Å². The van der Waals surface area contributed by atoms with E-state index in [-0.39, 0.29) is 30.3 Å². The zero-order chi connectivity index (χ0) is 23.0. The lowest BCUT2D eigenvalue weighted by molar-refractivity contribution is 0.107. The van der Waals surface area contributed by atoms with E-state index >= 15 is 0 Å². The van der Waals surface area contributed by atoms with Gasteiger partial charge in [-0.2, -0.15) is 0 Å². The smallest absolute Gasteiger partial charge is 0.252 e. The number of benzene rings is 4. The maximum Gasteiger partial charge on any atom is 0.252 e. The molecule has 4 aromatic carbocycles. The molecule has 4 nitrogen and oxygen atoms in total. The Balaban J connectivity index is 1.77. The van der Waals surface area contributed by atoms with E-state index in [0.717, 1.165) is 16.7 Å². The zero-order valence-electron chi connectivity index (χ0n) is 17.9. The summed E-state index contributed by atoms with van der Waals surface area (Å²) in [4.78, 5) is 12.3. The fraction of sp³-hybridized carbons (Fsp3) is 0.107. The number of rotatable bonds is 9. The Morgan fingerprint density at radius 3 is 1.64 bits per heavy atom. The monoisotopic (exact) mass is 458 g/mol. The second-order valence-corrected chi connectivity index (χ2v) is 7.91. The number of halogens is 1. The zero-order valence-corrected chi connectivity index (χ0v) is 18.7. The number of phenols is 1. The summed E-state index contributed by atoms with van der Waals surface area (Å²) in [7, 11) is 0. The largest absolute Gasteiger partial charge is 0.504 e. The van der Waals surface area contributed by atoms with E-state index in [2.05, 4.69) is 0 Å². The summed E-state index contributed by atoms with van der Waals surface area (Å²) in [5, 5.41) is 10.1. The van der Waals surface area contributed by atoms with Crippen molar-refractivity contribution in [3.63, 3.8) is 0 Å². The third-order valence-corrected chi connectivity index (χ3v) is 5.41. The van der Waals surface area contributed by atoms with Crippen molar-refractivity contribution in [2.24, 2.45) is 0 Å². The maximum absolute atomic E-state index is 12.3. The maximum atomic E-state index is 12.3. The van der Waals surface area contributed by atoms with Crippen molar-refractivity contribution in [2.75, 3.05) is 0 Å². The van der Waals surface area contributed by atoms with Crippen LogP contribution >= 0.6 is 11.6 Å². The minimum absolute atomic E-state index is 0.183. The Morgan fingerprint density at radius 1 is 0.697 bits per heavy atom. The summed E-state index contributed by atoms with van der Waals surface area (Å²) in [6, 6.07) is 30.3. The van der Waals surface area contributed by atoms with Crippen LogP contribution in [0.3, 0.4) is 0 Å². The van der Waals surface area contributed by atoms with Gasteiger partial charge < -0.3 is 14.6 Å². The third-order valence-electron chi connectivity index (χ3n) is 5.21. The number of carbonyl (C=O) groups excluding carboxylic acids is 1. The molecule has 0 aliphatic rings. The first-order chi connectivity index (χ1) is 16.1. The summed E-state index contributed by atoms with van der Waals surface area (Å²) in [5.74, 6) is 0.292. The Hall–Kier alpha value is -3.76. The number of ether oxygens (including phenoxy) is 2. The standard InChI is InChI=1S/C28H23ClO4/c29-28(31)24-17-25(30)27(33-19-22-14-8-3-9-15-22)26(32-18-21-12-6-2-7-13-21)23(24)16-20-10-4-1-5-11-20/h1-15,17,30H,16,18-19H2. The highest BCUT2D eigenvalue weighted by Crippen LogP contribution is 2.44. The summed E-state index contributed by atoms with van der Waals surface area (Å²) < 4.78 is 12.2. The fourth-order valence-corrected chi connectivity index (χ4v) is 3.74. The van der Waals surface area contributed by atoms with Crippen LogP contribution in [0.5, 0.6) is 17.2 Å². The van der Waals surface area contributed by atoms with Crippen molar-refractivity contribution in [3.8, 4) is 17.2 Å². The lowest BCUT2D eigenvalue weighted by atomic mass is 9.98. The van der Waals surface area contributed by atoms with E-state index in [1.165, 1.54) is 6.07 Å². The van der Waals surface area contributed by atoms with Gasteiger partial charge in [-0.05, 0) is 34.4 Å². The highest BCUT2D eigenvalue weighted by molar-refractivity contribution is 6.68. The molecule has 5 heteroatoms. The average Bonchev–Trinajstić information content (AvgIpc) is 2.85. The Bertz CT molecular complexity index is 1210. The van der Waals surface area contributed by atoms with Crippen molar-refractivity contribution in [1.82, 2.24) is 0 Å². The summed E-state index contributed by atoms with van der Waals surface area (Å²) in [6.07, 6.45) is 0.390. The second-order valence-electron chi connectivity index (χ2n) is 7.56. The van der Waals surface area contributed by atoms with Crippen molar-refractivity contribution in [2.45, 2.75) is 19.6 Å². The molecule has 0 atom stereocenters. The van der Waals surface area contributed by atoms with Crippen LogP contribution in [-0.2, 0) is 19.6 Å². The molecule has 0 aliphatic heterocycles. The molecule has 0 aliphatic carbocycles. The van der Waals surface area contributed by atoms with E-state index in [0.29, 0.717) is 17.7 Å². The molecule has 0 saturated heterocycles. The molecule has 1 N–H and O–H groups in total. The number of hydrogen-bond donors (Lipinski definition) is 1. The van der Waals surface area contributed by atoms with Crippen molar-refractivity contribution >= 4 is 16.8 Å². The summed E-state index contributed by atoms with van der Waals surface area (Å²) >= 11 is 5.91. The molecule has 33 heavy (non-hydrogen) atoms. The number of phenolic OH excluding ortho intramolecular Hbond substituents is 1. The molecule has 0 radical (unpaired) electrons. The van der Waals surface area contributed by atoms with Gasteiger partial charge in [0.1, 0.15) is 13.2 Å². The fourth-order valence-electron chi connectivity index (χ4n) is 3.57. The van der Waals surface area contributed by atoms with E-state index in [4.69, 9.17) is 21.1 Å². The van der Waals surface area contributed by atoms with E-state index in [1.54, 1.807) is 0 Å². The second kappa shape index (κ2) is 10.7. The highest BCUT2D eigenvalue weighted by atomic mass is 35.5. The van der Waals surface area contributed by atoms with Crippen LogP contribution in [0.2, 0.25) is 0 Å². The van der Waals surface area contributed by atoms with Gasteiger partial charge in [-0.25, -0.2) is 0 Å². The minimum atomic E-state index is -0.671. The molecular weight excluding hydrogens is 436 g/mol. The summed E-state index contributed by atoms with van der Waals surface area (Å²) in [5.41, 5.74) is 3.61. The molecule has 0 bridgehead atoms. The SMILES string of the molecule is O=C(Cl)c1cc(O)c(OCc2ccccc2)c(OCc2ccccc2)c1Cc1ccccc1. The first kappa shape index (κ1) is 22.4. The van der Waals surface area contributed by atoms with Crippen LogP contribution in [0.4, 0.5) is 0 Å². The highest BCUT2D eigenvalue weighted by Gasteiger charge is 2.24. The average molecular weight is 459 g/mol. The van der Waals surface area contributed by atoms with Crippen molar-refractivity contribution in [3.05, 3.63) is 125 Å². The molecular formula is C28H23ClO4. The topological polar surface area (TPSA) is 55.8 Å². The van der Waals surface area contributed by atoms with Crippen molar-refractivity contribution in [1.29, 1.82) is 0 Å². The summed E-state index contributed by atoms with van der Waals surface area (Å²) in [6.45, 7) is 0.471. The van der Waals surface area contributed by atoms with Gasteiger partial charge >= 0.3 is 0 Å². The van der Waals surface area contributed by atoms with Crippen LogP contribution in [-0.4, -0.2) is 10.3 Å². The molecule has 0 aromatic heterocycles. The van der Waals surface area contributed by atoms with Gasteiger partial charge in [0, 0.05) is 17.5 Å². The van der Waals surface area contributed by atoms with Crippen LogP contribution < -0.4 is 9.47 Å². The number of carbonyl (C=O) groups is 1. The molecule has 166 valence electrons. The molecule has 0 fully saturated rings. The van der Waals surface area contributed by atoms with Gasteiger partial charge in [0.25, 0.3) is 5.24 Å². The van der Waals surface area contributed by atoms with Gasteiger partial charge in [-0.3, -0.25) is 4.79 Å². The minimum Gasteiger partial charge on any atom is -0.504 e. The first-order valence-electron chi connectivity index (χ1n) is 10.6. The van der Waals surface area contributed by atoms with Crippen LogP contribution in [0.25, 0.3) is 0 Å². The Labute approximate surface area is 198 Å². The molecule has 0 heterocycles. The van der Waals surface area contributed by atoms with Crippen LogP contribution in [0.15, 0.2) is 97.1 Å². The van der Waals surface area contributed by atoms with Gasteiger partial charge in [-0.1, -0.05) is 91.0 Å².